The molecule has 2 fully saturated rings. The van der Waals surface area contributed by atoms with E-state index in [0.717, 1.165) is 18.8 Å². The summed E-state index contributed by atoms with van der Waals surface area (Å²) in [5.74, 6) is 0.788. The van der Waals surface area contributed by atoms with E-state index in [1.165, 1.54) is 12.8 Å². The van der Waals surface area contributed by atoms with Crippen molar-refractivity contribution in [2.24, 2.45) is 5.92 Å². The zero-order valence-electron chi connectivity index (χ0n) is 17.8. The Hall–Kier alpha value is -0.160. The molecule has 2 aliphatic rings. The van der Waals surface area contributed by atoms with E-state index < -0.39 is 0 Å². The first-order valence-electron chi connectivity index (χ1n) is 9.42. The van der Waals surface area contributed by atoms with Crippen molar-refractivity contribution in [2.75, 3.05) is 7.11 Å². The van der Waals surface area contributed by atoms with Crippen LogP contribution < -0.4 is 5.32 Å². The largest absolute Gasteiger partial charge is 0.393 e. The van der Waals surface area contributed by atoms with Crippen molar-refractivity contribution in [1.82, 2.24) is 10.4 Å². The molecule has 0 bridgehead atoms. The zero-order valence-corrected chi connectivity index (χ0v) is 17.8. The topological polar surface area (TPSA) is 44.7 Å². The number of hydrogen-bond donors (Lipinski definition) is 2. The Bertz CT molecular complexity index is 382. The molecule has 4 heteroatoms. The van der Waals surface area contributed by atoms with E-state index in [4.69, 9.17) is 4.84 Å². The molecule has 0 aliphatic carbocycles. The van der Waals surface area contributed by atoms with E-state index in [1.807, 2.05) is 0 Å². The van der Waals surface area contributed by atoms with Crippen LogP contribution in [-0.2, 0) is 4.84 Å². The third-order valence-corrected chi connectivity index (χ3v) is 5.15. The minimum absolute atomic E-state index is 0.0845. The van der Waals surface area contributed by atoms with Crippen molar-refractivity contribution in [3.05, 3.63) is 0 Å². The summed E-state index contributed by atoms with van der Waals surface area (Å²) in [6, 6.07) is 0. The summed E-state index contributed by atoms with van der Waals surface area (Å²) < 4.78 is 0. The quantitative estimate of drug-likeness (QED) is 0.752. The average Bonchev–Trinajstić information content (AvgIpc) is 2.19. The van der Waals surface area contributed by atoms with Gasteiger partial charge in [-0.05, 0) is 87.0 Å². The standard InChI is InChI=1S/C11H23NO.C9H19NO/c1-9-7-10(2,3)12(13-6)11(4,5)8-9;1-8(2)5-7(11)6-9(3,4)10-8/h9H,7-8H2,1-6H3;7,10-11H,5-6H2,1-4H3. The number of aliphatic hydroxyl groups excluding tert-OH is 1. The maximum absolute atomic E-state index is 9.54. The fourth-order valence-electron chi connectivity index (χ4n) is 5.53. The molecular weight excluding hydrogens is 300 g/mol. The molecule has 2 N–H and O–H groups in total. The van der Waals surface area contributed by atoms with Crippen molar-refractivity contribution in [3.63, 3.8) is 0 Å². The van der Waals surface area contributed by atoms with E-state index in [9.17, 15) is 5.11 Å². The molecule has 0 saturated carbocycles. The smallest absolute Gasteiger partial charge is 0.0575 e. The number of rotatable bonds is 1. The van der Waals surface area contributed by atoms with Crippen molar-refractivity contribution in [1.29, 1.82) is 0 Å². The lowest BCUT2D eigenvalue weighted by molar-refractivity contribution is -0.270. The molecule has 2 aliphatic heterocycles. The lowest BCUT2D eigenvalue weighted by Gasteiger charge is -2.52. The van der Waals surface area contributed by atoms with Gasteiger partial charge in [-0.1, -0.05) is 6.92 Å². The lowest BCUT2D eigenvalue weighted by Crippen LogP contribution is -2.59. The highest BCUT2D eigenvalue weighted by Crippen LogP contribution is 2.40. The second kappa shape index (κ2) is 7.22. The lowest BCUT2D eigenvalue weighted by atomic mass is 9.76. The summed E-state index contributed by atoms with van der Waals surface area (Å²) in [4.78, 5) is 5.50. The van der Waals surface area contributed by atoms with Crippen molar-refractivity contribution < 1.29 is 9.94 Å². The maximum atomic E-state index is 9.54. The van der Waals surface area contributed by atoms with Crippen LogP contribution in [0.4, 0.5) is 0 Å². The molecule has 2 heterocycles. The summed E-state index contributed by atoms with van der Waals surface area (Å²) in [6.07, 6.45) is 4.00. The van der Waals surface area contributed by atoms with Crippen LogP contribution in [0.3, 0.4) is 0 Å². The van der Waals surface area contributed by atoms with Gasteiger partial charge < -0.3 is 15.3 Å². The monoisotopic (exact) mass is 342 g/mol. The maximum Gasteiger partial charge on any atom is 0.0575 e. The molecule has 144 valence electrons. The molecule has 4 nitrogen and oxygen atoms in total. The third-order valence-electron chi connectivity index (χ3n) is 5.15. The summed E-state index contributed by atoms with van der Waals surface area (Å²) >= 11 is 0. The molecule has 24 heavy (non-hydrogen) atoms. The van der Waals surface area contributed by atoms with E-state index in [1.54, 1.807) is 7.11 Å². The van der Waals surface area contributed by atoms with Crippen molar-refractivity contribution in [3.8, 4) is 0 Å². The van der Waals surface area contributed by atoms with Crippen molar-refractivity contribution in [2.45, 2.75) is 116 Å². The van der Waals surface area contributed by atoms with Gasteiger partial charge in [-0.25, -0.2) is 0 Å². The van der Waals surface area contributed by atoms with E-state index >= 15 is 0 Å². The van der Waals surface area contributed by atoms with Crippen LogP contribution in [0.2, 0.25) is 0 Å². The van der Waals surface area contributed by atoms with E-state index in [2.05, 4.69) is 72.7 Å². The Morgan fingerprint density at radius 1 is 0.833 bits per heavy atom. The Kier molecular flexibility index (Phi) is 6.58. The highest BCUT2D eigenvalue weighted by Gasteiger charge is 2.44. The summed E-state index contributed by atoms with van der Waals surface area (Å²) in [6.45, 7) is 19.9. The van der Waals surface area contributed by atoms with E-state index in [0.29, 0.717) is 0 Å². The first kappa shape index (κ1) is 21.9. The van der Waals surface area contributed by atoms with Crippen LogP contribution in [0.1, 0.15) is 88.0 Å². The van der Waals surface area contributed by atoms with Gasteiger partial charge in [0.2, 0.25) is 0 Å². The summed E-state index contributed by atoms with van der Waals surface area (Å²) in [5.41, 5.74) is 0.494. The normalized spacial score (nSPS) is 29.6. The molecular formula is C20H42N2O2. The van der Waals surface area contributed by atoms with Gasteiger partial charge in [0.15, 0.2) is 0 Å². The van der Waals surface area contributed by atoms with Gasteiger partial charge in [-0.2, -0.15) is 5.06 Å². The fourth-order valence-corrected chi connectivity index (χ4v) is 5.53. The Balaban J connectivity index is 0.000000243. The molecule has 0 aromatic carbocycles. The molecule has 2 rings (SSSR count). The van der Waals surface area contributed by atoms with Gasteiger partial charge in [0.25, 0.3) is 0 Å². The SMILES string of the molecule is CC1(C)CC(O)CC(C)(C)N1.CON1C(C)(C)CC(C)CC1(C)C. The number of piperidine rings is 2. The number of aliphatic hydroxyl groups is 1. The average molecular weight is 343 g/mol. The Morgan fingerprint density at radius 3 is 1.50 bits per heavy atom. The molecule has 0 aromatic rings. The molecule has 0 amide bonds. The predicted molar refractivity (Wildman–Crippen MR) is 102 cm³/mol. The molecule has 0 radical (unpaired) electrons. The Labute approximate surface area is 150 Å². The molecule has 0 atom stereocenters. The molecule has 2 saturated heterocycles. The number of hydroxylamine groups is 2. The molecule has 0 spiro atoms. The Morgan fingerprint density at radius 2 is 1.21 bits per heavy atom. The molecule has 0 unspecified atom stereocenters. The van der Waals surface area contributed by atoms with Crippen LogP contribution in [0.15, 0.2) is 0 Å². The van der Waals surface area contributed by atoms with Crippen molar-refractivity contribution >= 4 is 0 Å². The highest BCUT2D eigenvalue weighted by atomic mass is 16.7. The first-order chi connectivity index (χ1) is 10.6. The van der Waals surface area contributed by atoms with Crippen LogP contribution in [-0.4, -0.2) is 45.5 Å². The third kappa shape index (κ3) is 5.98. The van der Waals surface area contributed by atoms with Gasteiger partial charge in [0, 0.05) is 22.2 Å². The number of nitrogens with zero attached hydrogens (tertiary/aromatic N) is 1. The van der Waals surface area contributed by atoms with Gasteiger partial charge in [0.05, 0.1) is 13.2 Å². The minimum atomic E-state index is -0.138. The zero-order chi connectivity index (χ0) is 19.0. The van der Waals surface area contributed by atoms with Crippen LogP contribution >= 0.6 is 0 Å². The van der Waals surface area contributed by atoms with Gasteiger partial charge >= 0.3 is 0 Å². The van der Waals surface area contributed by atoms with Gasteiger partial charge in [0.1, 0.15) is 0 Å². The van der Waals surface area contributed by atoms with Crippen LogP contribution in [0.5, 0.6) is 0 Å². The second-order valence-corrected chi connectivity index (χ2v) is 10.6. The number of nitrogens with one attached hydrogen (secondary N) is 1. The second-order valence-electron chi connectivity index (χ2n) is 10.6. The van der Waals surface area contributed by atoms with E-state index in [-0.39, 0.29) is 28.3 Å². The number of hydrogen-bond acceptors (Lipinski definition) is 4. The highest BCUT2D eigenvalue weighted by molar-refractivity contribution is 4.97. The fraction of sp³-hybridized carbons (Fsp3) is 1.00. The summed E-state index contributed by atoms with van der Waals surface area (Å²) in [5, 5.41) is 15.2. The predicted octanol–water partition coefficient (Wildman–Crippen LogP) is 4.12. The summed E-state index contributed by atoms with van der Waals surface area (Å²) in [7, 11) is 1.78. The first-order valence-corrected chi connectivity index (χ1v) is 9.42. The van der Waals surface area contributed by atoms with Crippen LogP contribution in [0, 0.1) is 5.92 Å². The minimum Gasteiger partial charge on any atom is -0.393 e. The van der Waals surface area contributed by atoms with Crippen LogP contribution in [0.25, 0.3) is 0 Å². The molecule has 0 aromatic heterocycles. The van der Waals surface area contributed by atoms with Gasteiger partial charge in [-0.3, -0.25) is 0 Å². The van der Waals surface area contributed by atoms with Gasteiger partial charge in [-0.15, -0.1) is 0 Å².